The van der Waals surface area contributed by atoms with Crippen LogP contribution >= 0.6 is 0 Å². The number of benzene rings is 1. The summed E-state index contributed by atoms with van der Waals surface area (Å²) in [6, 6.07) is 10.2. The Morgan fingerprint density at radius 1 is 1.06 bits per heavy atom. The average Bonchev–Trinajstić information content (AvgIpc) is 3.36. The molecule has 1 aromatic heterocycles. The van der Waals surface area contributed by atoms with Crippen molar-refractivity contribution in [3.63, 3.8) is 0 Å². The number of ether oxygens (including phenoxy) is 1. The van der Waals surface area contributed by atoms with E-state index in [9.17, 15) is 19.5 Å². The predicted octanol–water partition coefficient (Wildman–Crippen LogP) is 2.48. The zero-order valence-electron chi connectivity index (χ0n) is 20.9. The fourth-order valence-electron chi connectivity index (χ4n) is 4.51. The molecule has 0 spiro atoms. The first-order chi connectivity index (χ1) is 16.7. The molecule has 1 heterocycles. The van der Waals surface area contributed by atoms with E-state index in [2.05, 4.69) is 22.8 Å². The summed E-state index contributed by atoms with van der Waals surface area (Å²) in [5.74, 6) is -1.07. The van der Waals surface area contributed by atoms with Crippen LogP contribution in [0.25, 0.3) is 0 Å². The number of pyridine rings is 1. The number of aromatic nitrogens is 1. The highest BCUT2D eigenvalue weighted by molar-refractivity contribution is 5.99. The lowest BCUT2D eigenvalue weighted by Gasteiger charge is -2.30. The third kappa shape index (κ3) is 6.58. The van der Waals surface area contributed by atoms with Crippen LogP contribution in [0.1, 0.15) is 65.8 Å². The van der Waals surface area contributed by atoms with Gasteiger partial charge in [-0.2, -0.15) is 0 Å². The number of aliphatic hydroxyl groups excluding tert-OH is 1. The van der Waals surface area contributed by atoms with E-state index < -0.39 is 22.7 Å². The van der Waals surface area contributed by atoms with Crippen molar-refractivity contribution in [3.05, 3.63) is 69.6 Å². The Hall–Kier alpha value is -2.97. The van der Waals surface area contributed by atoms with Gasteiger partial charge in [-0.25, -0.2) is 0 Å². The second kappa shape index (κ2) is 11.6. The van der Waals surface area contributed by atoms with Crippen LogP contribution in [0.3, 0.4) is 0 Å². The molecule has 1 fully saturated rings. The number of hydrogen-bond donors (Lipinski definition) is 3. The smallest absolute Gasteiger partial charge is 0.256 e. The van der Waals surface area contributed by atoms with E-state index >= 15 is 0 Å². The summed E-state index contributed by atoms with van der Waals surface area (Å²) >= 11 is 0. The normalized spacial score (nSPS) is 15.1. The third-order valence-corrected chi connectivity index (χ3v) is 6.81. The van der Waals surface area contributed by atoms with Gasteiger partial charge in [-0.3, -0.25) is 14.4 Å². The summed E-state index contributed by atoms with van der Waals surface area (Å²) in [5, 5.41) is 15.2. The van der Waals surface area contributed by atoms with E-state index in [4.69, 9.17) is 4.74 Å². The van der Waals surface area contributed by atoms with Crippen molar-refractivity contribution in [3.8, 4) is 0 Å². The summed E-state index contributed by atoms with van der Waals surface area (Å²) < 4.78 is 6.77. The molecule has 0 radical (unpaired) electrons. The summed E-state index contributed by atoms with van der Waals surface area (Å²) in [5.41, 5.74) is -0.299. The molecule has 1 aliphatic rings. The standard InChI is InChI=1S/C27H37N3O5/c1-26(2,19-31)17-28-24(33)21-15-30(13-14-35-3)16-22(23(21)32)25(34)29-18-27(11-7-8-12-27)20-9-5-4-6-10-20/h4-6,9-10,15-16,31H,7-8,11-14,17-19H2,1-3H3,(H,28,33)(H,29,34). The summed E-state index contributed by atoms with van der Waals surface area (Å²) in [6.07, 6.45) is 7.05. The number of carbonyl (C=O) groups is 2. The Bertz CT molecular complexity index is 1070. The quantitative estimate of drug-likeness (QED) is 0.455. The molecule has 1 saturated carbocycles. The van der Waals surface area contributed by atoms with Crippen LogP contribution in [0.4, 0.5) is 0 Å². The molecule has 8 nitrogen and oxygen atoms in total. The van der Waals surface area contributed by atoms with Gasteiger partial charge in [0.2, 0.25) is 5.43 Å². The van der Waals surface area contributed by atoms with Crippen LogP contribution in [0.15, 0.2) is 47.5 Å². The molecule has 3 rings (SSSR count). The maximum atomic E-state index is 13.2. The Morgan fingerprint density at radius 2 is 1.66 bits per heavy atom. The molecular weight excluding hydrogens is 446 g/mol. The first kappa shape index (κ1) is 26.6. The highest BCUT2D eigenvalue weighted by Crippen LogP contribution is 2.40. The molecule has 0 aliphatic heterocycles. The Kier molecular flexibility index (Phi) is 8.86. The molecular formula is C27H37N3O5. The van der Waals surface area contributed by atoms with Crippen LogP contribution in [-0.2, 0) is 16.7 Å². The van der Waals surface area contributed by atoms with E-state index in [1.54, 1.807) is 25.5 Å². The first-order valence-electron chi connectivity index (χ1n) is 12.2. The van der Waals surface area contributed by atoms with Gasteiger partial charge in [0.25, 0.3) is 11.8 Å². The molecule has 0 bridgehead atoms. The first-order valence-corrected chi connectivity index (χ1v) is 12.2. The van der Waals surface area contributed by atoms with Gasteiger partial charge >= 0.3 is 0 Å². The second-order valence-corrected chi connectivity index (χ2v) is 10.2. The molecule has 2 amide bonds. The highest BCUT2D eigenvalue weighted by atomic mass is 16.5. The molecule has 0 saturated heterocycles. The Labute approximate surface area is 206 Å². The zero-order chi connectivity index (χ0) is 25.5. The number of nitrogens with zero attached hydrogens (tertiary/aromatic N) is 1. The minimum absolute atomic E-state index is 0.0728. The van der Waals surface area contributed by atoms with Crippen molar-refractivity contribution in [2.45, 2.75) is 51.5 Å². The number of aliphatic hydroxyl groups is 1. The minimum atomic E-state index is -0.615. The number of carbonyl (C=O) groups excluding carboxylic acids is 2. The van der Waals surface area contributed by atoms with Gasteiger partial charge in [0.05, 0.1) is 6.61 Å². The van der Waals surface area contributed by atoms with Gasteiger partial charge in [-0.05, 0) is 18.4 Å². The Morgan fingerprint density at radius 3 is 2.23 bits per heavy atom. The van der Waals surface area contributed by atoms with Gasteiger partial charge in [0, 0.05) is 56.6 Å². The van der Waals surface area contributed by atoms with Crippen molar-refractivity contribution in [1.29, 1.82) is 0 Å². The molecule has 8 heteroatoms. The van der Waals surface area contributed by atoms with Crippen molar-refractivity contribution in [2.75, 3.05) is 33.4 Å². The number of hydrogen-bond acceptors (Lipinski definition) is 5. The van der Waals surface area contributed by atoms with Crippen LogP contribution in [0.5, 0.6) is 0 Å². The number of rotatable bonds is 11. The van der Waals surface area contributed by atoms with Crippen molar-refractivity contribution < 1.29 is 19.4 Å². The molecule has 1 aliphatic carbocycles. The summed E-state index contributed by atoms with van der Waals surface area (Å²) in [4.78, 5) is 39.3. The van der Waals surface area contributed by atoms with Crippen LogP contribution in [-0.4, -0.2) is 54.9 Å². The lowest BCUT2D eigenvalue weighted by Crippen LogP contribution is -2.42. The van der Waals surface area contributed by atoms with Gasteiger partial charge in [-0.15, -0.1) is 0 Å². The number of methoxy groups -OCH3 is 1. The van der Waals surface area contributed by atoms with Gasteiger partial charge < -0.3 is 25.0 Å². The molecule has 2 aromatic rings. The third-order valence-electron chi connectivity index (χ3n) is 6.81. The SMILES string of the molecule is COCCn1cc(C(=O)NCC(C)(C)CO)c(=O)c(C(=O)NCC2(c3ccccc3)CCCC2)c1. The monoisotopic (exact) mass is 483 g/mol. The van der Waals surface area contributed by atoms with E-state index in [1.165, 1.54) is 18.0 Å². The van der Waals surface area contributed by atoms with E-state index in [1.807, 2.05) is 18.2 Å². The van der Waals surface area contributed by atoms with E-state index in [0.29, 0.717) is 19.7 Å². The van der Waals surface area contributed by atoms with Crippen molar-refractivity contribution in [2.24, 2.45) is 5.41 Å². The van der Waals surface area contributed by atoms with Crippen LogP contribution in [0.2, 0.25) is 0 Å². The topological polar surface area (TPSA) is 110 Å². The largest absolute Gasteiger partial charge is 0.396 e. The van der Waals surface area contributed by atoms with E-state index in [0.717, 1.165) is 25.7 Å². The average molecular weight is 484 g/mol. The zero-order valence-corrected chi connectivity index (χ0v) is 20.9. The molecule has 0 unspecified atom stereocenters. The fraction of sp³-hybridized carbons (Fsp3) is 0.519. The molecule has 1 aromatic carbocycles. The molecule has 0 atom stereocenters. The lowest BCUT2D eigenvalue weighted by atomic mass is 9.79. The number of nitrogens with one attached hydrogen (secondary N) is 2. The molecule has 3 N–H and O–H groups in total. The second-order valence-electron chi connectivity index (χ2n) is 10.2. The predicted molar refractivity (Wildman–Crippen MR) is 135 cm³/mol. The lowest BCUT2D eigenvalue weighted by molar-refractivity contribution is 0.0908. The summed E-state index contributed by atoms with van der Waals surface area (Å²) in [6.45, 7) is 4.85. The van der Waals surface area contributed by atoms with Gasteiger partial charge in [-0.1, -0.05) is 57.0 Å². The molecule has 35 heavy (non-hydrogen) atoms. The fourth-order valence-corrected chi connectivity index (χ4v) is 4.51. The molecule has 190 valence electrons. The van der Waals surface area contributed by atoms with Crippen molar-refractivity contribution in [1.82, 2.24) is 15.2 Å². The van der Waals surface area contributed by atoms with E-state index in [-0.39, 0.29) is 29.7 Å². The maximum Gasteiger partial charge on any atom is 0.256 e. The van der Waals surface area contributed by atoms with Gasteiger partial charge in [0.1, 0.15) is 11.1 Å². The maximum absolute atomic E-state index is 13.2. The van der Waals surface area contributed by atoms with Crippen LogP contribution in [0, 0.1) is 5.41 Å². The van der Waals surface area contributed by atoms with Gasteiger partial charge in [0.15, 0.2) is 0 Å². The minimum Gasteiger partial charge on any atom is -0.396 e. The Balaban J connectivity index is 1.85. The summed E-state index contributed by atoms with van der Waals surface area (Å²) in [7, 11) is 1.56. The number of amides is 2. The van der Waals surface area contributed by atoms with Crippen molar-refractivity contribution >= 4 is 11.8 Å². The highest BCUT2D eigenvalue weighted by Gasteiger charge is 2.36. The van der Waals surface area contributed by atoms with Crippen LogP contribution < -0.4 is 16.1 Å².